The lowest BCUT2D eigenvalue weighted by Gasteiger charge is -2.44. The van der Waals surface area contributed by atoms with Crippen molar-refractivity contribution in [2.75, 3.05) is 0 Å². The van der Waals surface area contributed by atoms with Crippen molar-refractivity contribution in [2.24, 2.45) is 17.8 Å². The van der Waals surface area contributed by atoms with Crippen LogP contribution in [0.1, 0.15) is 27.7 Å². The predicted molar refractivity (Wildman–Crippen MR) is 79.9 cm³/mol. The second-order valence-corrected chi connectivity index (χ2v) is 11.0. The zero-order valence-electron chi connectivity index (χ0n) is 13.3. The minimum Gasteiger partial charge on any atom is -0.481 e. The Balaban J connectivity index is 2.68. The third-order valence-electron chi connectivity index (χ3n) is 3.84. The average molecular weight is 301 g/mol. The minimum atomic E-state index is -1.82. The van der Waals surface area contributed by atoms with E-state index in [1.165, 1.54) is 0 Å². The van der Waals surface area contributed by atoms with Gasteiger partial charge in [-0.25, -0.2) is 0 Å². The lowest BCUT2D eigenvalue weighted by Crippen LogP contribution is -2.66. The first kappa shape index (κ1) is 17.2. The number of carboxylic acids is 1. The van der Waals surface area contributed by atoms with E-state index in [0.29, 0.717) is 5.92 Å². The first-order valence-electron chi connectivity index (χ1n) is 7.26. The van der Waals surface area contributed by atoms with Crippen LogP contribution in [0.5, 0.6) is 0 Å². The van der Waals surface area contributed by atoms with E-state index < -0.39 is 20.2 Å². The van der Waals surface area contributed by atoms with Gasteiger partial charge < -0.3 is 14.8 Å². The maximum Gasteiger partial charge on any atom is 0.308 e. The van der Waals surface area contributed by atoms with E-state index in [9.17, 15) is 9.59 Å². The van der Waals surface area contributed by atoms with Gasteiger partial charge in [0.25, 0.3) is 0 Å². The normalized spacial score (nSPS) is 25.9. The molecule has 6 heteroatoms. The van der Waals surface area contributed by atoms with Gasteiger partial charge in [-0.15, -0.1) is 0 Å². The third kappa shape index (κ3) is 4.05. The van der Waals surface area contributed by atoms with Crippen molar-refractivity contribution < 1.29 is 19.1 Å². The van der Waals surface area contributed by atoms with Gasteiger partial charge in [0.2, 0.25) is 5.91 Å². The van der Waals surface area contributed by atoms with Gasteiger partial charge in [0.15, 0.2) is 8.32 Å². The maximum absolute atomic E-state index is 11.7. The molecular weight excluding hydrogens is 274 g/mol. The highest BCUT2D eigenvalue weighted by molar-refractivity contribution is 6.71. The van der Waals surface area contributed by atoms with Crippen LogP contribution in [0.15, 0.2) is 0 Å². The Morgan fingerprint density at radius 1 is 1.35 bits per heavy atom. The van der Waals surface area contributed by atoms with Gasteiger partial charge in [-0.3, -0.25) is 9.59 Å². The summed E-state index contributed by atoms with van der Waals surface area (Å²) in [6.07, 6.45) is -0.226. The molecule has 0 aromatic rings. The van der Waals surface area contributed by atoms with Crippen LogP contribution in [0, 0.1) is 17.8 Å². The topological polar surface area (TPSA) is 75.6 Å². The van der Waals surface area contributed by atoms with Gasteiger partial charge in [-0.05, 0) is 38.9 Å². The first-order chi connectivity index (χ1) is 9.05. The zero-order chi connectivity index (χ0) is 15.7. The highest BCUT2D eigenvalue weighted by Gasteiger charge is 2.49. The minimum absolute atomic E-state index is 0.0926. The molecule has 1 fully saturated rings. The molecule has 0 saturated carbocycles. The van der Waals surface area contributed by atoms with Crippen LogP contribution in [-0.2, 0) is 14.0 Å². The molecule has 0 aliphatic carbocycles. The van der Waals surface area contributed by atoms with Crippen molar-refractivity contribution in [3.63, 3.8) is 0 Å². The maximum atomic E-state index is 11.7. The molecule has 116 valence electrons. The molecule has 0 spiro atoms. The van der Waals surface area contributed by atoms with Gasteiger partial charge in [-0.1, -0.05) is 13.8 Å². The molecule has 5 nitrogen and oxygen atoms in total. The van der Waals surface area contributed by atoms with Crippen molar-refractivity contribution in [1.29, 1.82) is 0 Å². The Morgan fingerprint density at radius 2 is 1.90 bits per heavy atom. The fourth-order valence-electron chi connectivity index (χ4n) is 3.12. The quantitative estimate of drug-likeness (QED) is 0.558. The first-order valence-corrected chi connectivity index (χ1v) is 10.4. The summed E-state index contributed by atoms with van der Waals surface area (Å²) in [5, 5.41) is 11.8. The Morgan fingerprint density at radius 3 is 2.30 bits per heavy atom. The number of carbonyl (C=O) groups is 2. The fraction of sp³-hybridized carbons (Fsp3) is 0.857. The number of carboxylic acid groups (broad SMARTS) is 1. The molecule has 0 bridgehead atoms. The Labute approximate surface area is 122 Å². The Kier molecular flexibility index (Phi) is 5.37. The molecule has 1 heterocycles. The summed E-state index contributed by atoms with van der Waals surface area (Å²) >= 11 is 0. The van der Waals surface area contributed by atoms with Crippen molar-refractivity contribution >= 4 is 20.2 Å². The van der Waals surface area contributed by atoms with Gasteiger partial charge in [0.1, 0.15) is 0 Å². The van der Waals surface area contributed by atoms with Crippen LogP contribution in [0.4, 0.5) is 0 Å². The number of amides is 1. The lowest BCUT2D eigenvalue weighted by atomic mass is 9.79. The number of nitrogens with one attached hydrogen (secondary N) is 1. The van der Waals surface area contributed by atoms with Gasteiger partial charge in [0, 0.05) is 0 Å². The highest BCUT2D eigenvalue weighted by Crippen LogP contribution is 2.30. The summed E-state index contributed by atoms with van der Waals surface area (Å²) in [5.74, 6) is -1.35. The molecule has 0 aromatic heterocycles. The summed E-state index contributed by atoms with van der Waals surface area (Å²) in [6, 6.07) is 0.712. The Hall–Kier alpha value is -0.883. The molecular formula is C14H27NO4Si. The van der Waals surface area contributed by atoms with E-state index >= 15 is 0 Å². The van der Waals surface area contributed by atoms with Crippen LogP contribution in [0.2, 0.25) is 19.1 Å². The molecule has 2 N–H and O–H groups in total. The monoisotopic (exact) mass is 301 g/mol. The largest absolute Gasteiger partial charge is 0.481 e. The number of carbonyl (C=O) groups excluding carboxylic acids is 1. The lowest BCUT2D eigenvalue weighted by molar-refractivity contribution is -0.151. The third-order valence-corrected chi connectivity index (χ3v) is 6.65. The van der Waals surface area contributed by atoms with E-state index in [2.05, 4.69) is 32.3 Å². The second kappa shape index (κ2) is 6.26. The number of β-lactam (4-membered cyclic amide) rings is 1. The second-order valence-electron chi connectivity index (χ2n) is 6.87. The number of rotatable bonds is 7. The van der Waals surface area contributed by atoms with E-state index in [-0.39, 0.29) is 24.0 Å². The van der Waals surface area contributed by atoms with E-state index in [4.69, 9.17) is 9.53 Å². The molecule has 20 heavy (non-hydrogen) atoms. The van der Waals surface area contributed by atoms with Crippen LogP contribution < -0.4 is 5.32 Å². The van der Waals surface area contributed by atoms with E-state index in [1.807, 2.05) is 6.92 Å². The van der Waals surface area contributed by atoms with Crippen LogP contribution in [0.3, 0.4) is 0 Å². The highest BCUT2D eigenvalue weighted by atomic mass is 28.4. The standard InChI is InChI=1S/C14H27NO4Si/c1-8(2)7-20(5,6)19-10(4)11-12(15-13(11)16)9(3)14(17)18/h8-12H,7H2,1-6H3,(H,15,16)(H,17,18)/t9-,10-,11-,12-/m1/s1. The molecule has 1 aliphatic heterocycles. The molecule has 1 rings (SSSR count). The number of hydrogen-bond donors (Lipinski definition) is 2. The van der Waals surface area contributed by atoms with Gasteiger partial charge in [-0.2, -0.15) is 0 Å². The molecule has 1 saturated heterocycles. The fourth-order valence-corrected chi connectivity index (χ4v) is 6.34. The molecule has 1 aliphatic rings. The predicted octanol–water partition coefficient (Wildman–Crippen LogP) is 2.09. The zero-order valence-corrected chi connectivity index (χ0v) is 14.3. The van der Waals surface area contributed by atoms with Crippen molar-refractivity contribution in [1.82, 2.24) is 5.32 Å². The van der Waals surface area contributed by atoms with Gasteiger partial charge in [0.05, 0.1) is 24.0 Å². The van der Waals surface area contributed by atoms with Crippen LogP contribution in [0.25, 0.3) is 0 Å². The van der Waals surface area contributed by atoms with Crippen molar-refractivity contribution in [2.45, 2.75) is 59.0 Å². The van der Waals surface area contributed by atoms with Crippen molar-refractivity contribution in [3.05, 3.63) is 0 Å². The van der Waals surface area contributed by atoms with E-state index in [0.717, 1.165) is 6.04 Å². The molecule has 1 amide bonds. The molecule has 0 unspecified atom stereocenters. The summed E-state index contributed by atoms with van der Waals surface area (Å²) in [7, 11) is -1.82. The Bertz CT molecular complexity index is 383. The molecule has 4 atom stereocenters. The van der Waals surface area contributed by atoms with Gasteiger partial charge >= 0.3 is 5.97 Å². The summed E-state index contributed by atoms with van der Waals surface area (Å²) < 4.78 is 6.17. The number of aliphatic carboxylic acids is 1. The van der Waals surface area contributed by atoms with Crippen LogP contribution >= 0.6 is 0 Å². The van der Waals surface area contributed by atoms with E-state index in [1.54, 1.807) is 6.92 Å². The number of hydrogen-bond acceptors (Lipinski definition) is 3. The SMILES string of the molecule is CC(C)C[Si](C)(C)O[C@H](C)[C@H]1C(=O)N[C@@H]1[C@@H](C)C(=O)O. The summed E-state index contributed by atoms with van der Waals surface area (Å²) in [5.41, 5.74) is 0. The summed E-state index contributed by atoms with van der Waals surface area (Å²) in [4.78, 5) is 22.8. The van der Waals surface area contributed by atoms with Crippen molar-refractivity contribution in [3.8, 4) is 0 Å². The molecule has 0 aromatic carbocycles. The smallest absolute Gasteiger partial charge is 0.308 e. The molecule has 0 radical (unpaired) electrons. The van der Waals surface area contributed by atoms with Crippen LogP contribution in [-0.4, -0.2) is 37.4 Å². The summed E-state index contributed by atoms with van der Waals surface area (Å²) in [6.45, 7) is 12.1. The average Bonchev–Trinajstić information content (AvgIpc) is 2.21.